The molecule has 0 saturated carbocycles. The van der Waals surface area contributed by atoms with Crippen LogP contribution in [0.4, 0.5) is 8.78 Å². The smallest absolute Gasteiger partial charge is 0.253 e. The van der Waals surface area contributed by atoms with Crippen molar-refractivity contribution in [3.05, 3.63) is 34.9 Å². The number of hydroxylamine groups is 1. The summed E-state index contributed by atoms with van der Waals surface area (Å²) in [4.78, 5) is 18.1. The molecule has 3 aliphatic rings. The number of benzene rings is 1. The van der Waals surface area contributed by atoms with Crippen LogP contribution >= 0.6 is 0 Å². The van der Waals surface area contributed by atoms with Crippen molar-refractivity contribution in [3.8, 4) is 0 Å². The lowest BCUT2D eigenvalue weighted by Crippen LogP contribution is -2.47. The Balaban J connectivity index is 1.39. The Morgan fingerprint density at radius 1 is 1.36 bits per heavy atom. The van der Waals surface area contributed by atoms with Gasteiger partial charge in [-0.25, -0.2) is 8.78 Å². The van der Waals surface area contributed by atoms with Crippen LogP contribution in [0.15, 0.2) is 18.2 Å². The van der Waals surface area contributed by atoms with Crippen LogP contribution in [0.3, 0.4) is 0 Å². The Kier molecular flexibility index (Phi) is 5.91. The Bertz CT molecular complexity index is 717. The number of alkyl halides is 2. The summed E-state index contributed by atoms with van der Waals surface area (Å²) >= 11 is 0. The van der Waals surface area contributed by atoms with E-state index < -0.39 is 12.5 Å². The van der Waals surface area contributed by atoms with Gasteiger partial charge in [-0.2, -0.15) is 5.48 Å². The van der Waals surface area contributed by atoms with Crippen LogP contribution in [0.2, 0.25) is 0 Å². The molecule has 1 aromatic carbocycles. The number of nitrogens with one attached hydrogen (secondary N) is 4. The molecule has 2 heterocycles. The normalized spacial score (nSPS) is 32.5. The van der Waals surface area contributed by atoms with E-state index in [2.05, 4.69) is 40.5 Å². The highest BCUT2D eigenvalue weighted by molar-refractivity contribution is 5.79. The highest BCUT2D eigenvalue weighted by atomic mass is 19.3. The number of rotatable bonds is 5. The molecule has 6 nitrogen and oxygen atoms in total. The van der Waals surface area contributed by atoms with Crippen LogP contribution in [-0.4, -0.2) is 31.1 Å². The molecule has 154 valence electrons. The average Bonchev–Trinajstić information content (AvgIpc) is 3.35. The topological polar surface area (TPSA) is 74.4 Å². The maximum Gasteiger partial charge on any atom is 0.253 e. The van der Waals surface area contributed by atoms with Gasteiger partial charge in [0.1, 0.15) is 12.4 Å². The lowest BCUT2D eigenvalue weighted by Gasteiger charge is -2.30. The first-order valence-electron chi connectivity index (χ1n) is 10.2. The lowest BCUT2D eigenvalue weighted by molar-refractivity contribution is -0.127. The molecule has 0 bridgehead atoms. The first kappa shape index (κ1) is 19.7. The fourth-order valence-electron chi connectivity index (χ4n) is 4.41. The van der Waals surface area contributed by atoms with Gasteiger partial charge in [-0.15, -0.1) is 0 Å². The molecule has 8 heteroatoms. The minimum atomic E-state index is -2.43. The summed E-state index contributed by atoms with van der Waals surface area (Å²) in [6, 6.07) is 5.34. The second-order valence-corrected chi connectivity index (χ2v) is 7.91. The van der Waals surface area contributed by atoms with Crippen LogP contribution in [-0.2, 0) is 16.1 Å². The van der Waals surface area contributed by atoms with E-state index in [1.54, 1.807) is 0 Å². The van der Waals surface area contributed by atoms with Crippen molar-refractivity contribution in [2.75, 3.05) is 6.54 Å². The molecule has 28 heavy (non-hydrogen) atoms. The third-order valence-electron chi connectivity index (χ3n) is 6.06. The number of carbonyl (C=O) groups is 1. The Morgan fingerprint density at radius 3 is 2.96 bits per heavy atom. The van der Waals surface area contributed by atoms with E-state index in [1.807, 2.05) is 6.07 Å². The fraction of sp³-hybridized carbons (Fsp3) is 0.650. The van der Waals surface area contributed by atoms with E-state index in [-0.39, 0.29) is 36.7 Å². The van der Waals surface area contributed by atoms with E-state index in [1.165, 1.54) is 5.56 Å². The third-order valence-corrected chi connectivity index (χ3v) is 6.06. The van der Waals surface area contributed by atoms with Crippen molar-refractivity contribution in [3.63, 3.8) is 0 Å². The van der Waals surface area contributed by atoms with E-state index in [9.17, 15) is 13.6 Å². The molecule has 0 spiro atoms. The van der Waals surface area contributed by atoms with Crippen molar-refractivity contribution in [2.24, 2.45) is 5.92 Å². The minimum Gasteiger partial charge on any atom is -0.349 e. The molecule has 0 aromatic heterocycles. The number of halogens is 2. The highest BCUT2D eigenvalue weighted by Gasteiger charge is 2.34. The maximum absolute atomic E-state index is 13.0. The average molecular weight is 394 g/mol. The van der Waals surface area contributed by atoms with Crippen LogP contribution in [0.25, 0.3) is 0 Å². The summed E-state index contributed by atoms with van der Waals surface area (Å²) < 4.78 is 25.9. The van der Waals surface area contributed by atoms with Gasteiger partial charge in [-0.3, -0.25) is 14.9 Å². The fourth-order valence-corrected chi connectivity index (χ4v) is 4.41. The number of piperidine rings is 1. The first-order chi connectivity index (χ1) is 13.5. The largest absolute Gasteiger partial charge is 0.349 e. The van der Waals surface area contributed by atoms with Crippen molar-refractivity contribution in [1.29, 1.82) is 0 Å². The summed E-state index contributed by atoms with van der Waals surface area (Å²) in [6.45, 7) is 2.52. The van der Waals surface area contributed by atoms with Crippen LogP contribution in [0.1, 0.15) is 61.5 Å². The lowest BCUT2D eigenvalue weighted by atomic mass is 9.91. The van der Waals surface area contributed by atoms with Gasteiger partial charge in [0.05, 0.1) is 12.1 Å². The molecule has 2 fully saturated rings. The van der Waals surface area contributed by atoms with Gasteiger partial charge >= 0.3 is 0 Å². The van der Waals surface area contributed by atoms with E-state index in [0.29, 0.717) is 13.0 Å². The molecule has 4 N–H and O–H groups in total. The molecule has 5 atom stereocenters. The summed E-state index contributed by atoms with van der Waals surface area (Å²) in [5.41, 5.74) is 6.48. The van der Waals surface area contributed by atoms with E-state index in [4.69, 9.17) is 4.84 Å². The highest BCUT2D eigenvalue weighted by Crippen LogP contribution is 2.34. The van der Waals surface area contributed by atoms with Gasteiger partial charge in [0.15, 0.2) is 0 Å². The molecule has 1 aliphatic carbocycles. The Labute approximate surface area is 163 Å². The predicted molar refractivity (Wildman–Crippen MR) is 100 cm³/mol. The monoisotopic (exact) mass is 394 g/mol. The predicted octanol–water partition coefficient (Wildman–Crippen LogP) is 2.28. The molecule has 4 rings (SSSR count). The number of aryl methyl sites for hydroxylation is 1. The number of fused-ring (bicyclic) bond motifs is 1. The SMILES string of the molecule is CCC1NC(c2ccc3c(c2)CC[C@H]3NC(=O)C2CCNC(C(F)F)C2)NO1. The van der Waals surface area contributed by atoms with Crippen molar-refractivity contribution in [1.82, 2.24) is 21.4 Å². The molecule has 0 radical (unpaired) electrons. The third kappa shape index (κ3) is 4.05. The van der Waals surface area contributed by atoms with Crippen LogP contribution in [0, 0.1) is 5.92 Å². The number of hydrogen-bond donors (Lipinski definition) is 4. The second kappa shape index (κ2) is 8.41. The van der Waals surface area contributed by atoms with Gasteiger partial charge in [-0.05, 0) is 55.3 Å². The van der Waals surface area contributed by atoms with Gasteiger partial charge in [0.2, 0.25) is 5.91 Å². The minimum absolute atomic E-state index is 0.00680. The quantitative estimate of drug-likeness (QED) is 0.617. The van der Waals surface area contributed by atoms with Gasteiger partial charge in [-0.1, -0.05) is 25.1 Å². The number of carbonyl (C=O) groups excluding carboxylic acids is 1. The van der Waals surface area contributed by atoms with Gasteiger partial charge in [0, 0.05) is 5.92 Å². The molecular weight excluding hydrogens is 366 g/mol. The zero-order chi connectivity index (χ0) is 19.7. The zero-order valence-corrected chi connectivity index (χ0v) is 16.0. The number of hydrogen-bond acceptors (Lipinski definition) is 5. The standard InChI is InChI=1S/C20H28F2N4O2/c1-2-17-25-19(26-28-17)12-3-5-14-11(9-12)4-6-15(14)24-20(27)13-7-8-23-16(10-13)18(21)22/h3,5,9,13,15-19,23,25-26H,2,4,6-8,10H2,1H3,(H,24,27)/t13?,15-,16?,17?,19?/m1/s1. The van der Waals surface area contributed by atoms with Crippen LogP contribution < -0.4 is 21.4 Å². The summed E-state index contributed by atoms with van der Waals surface area (Å²) in [5, 5.41) is 9.28. The van der Waals surface area contributed by atoms with E-state index >= 15 is 0 Å². The summed E-state index contributed by atoms with van der Waals surface area (Å²) in [5.74, 6) is -0.453. The zero-order valence-electron chi connectivity index (χ0n) is 16.0. The molecule has 1 amide bonds. The van der Waals surface area contributed by atoms with E-state index in [0.717, 1.165) is 30.4 Å². The molecule has 2 saturated heterocycles. The summed E-state index contributed by atoms with van der Waals surface area (Å²) in [6.07, 6.45) is 0.946. The molecule has 1 aromatic rings. The first-order valence-corrected chi connectivity index (χ1v) is 10.2. The second-order valence-electron chi connectivity index (χ2n) is 7.91. The Hall–Kier alpha value is -1.61. The van der Waals surface area contributed by atoms with Crippen molar-refractivity contribution in [2.45, 2.75) is 69.9 Å². The Morgan fingerprint density at radius 2 is 2.21 bits per heavy atom. The van der Waals surface area contributed by atoms with Crippen molar-refractivity contribution >= 4 is 5.91 Å². The molecule has 2 aliphatic heterocycles. The van der Waals surface area contributed by atoms with Gasteiger partial charge < -0.3 is 10.6 Å². The van der Waals surface area contributed by atoms with Crippen LogP contribution in [0.5, 0.6) is 0 Å². The van der Waals surface area contributed by atoms with Crippen molar-refractivity contribution < 1.29 is 18.4 Å². The van der Waals surface area contributed by atoms with Gasteiger partial charge in [0.25, 0.3) is 6.43 Å². The maximum atomic E-state index is 13.0. The summed E-state index contributed by atoms with van der Waals surface area (Å²) in [7, 11) is 0. The molecule has 4 unspecified atom stereocenters. The molecular formula is C20H28F2N4O2. The number of amides is 1.